The Morgan fingerprint density at radius 3 is 2.55 bits per heavy atom. The number of hydrogen-bond donors (Lipinski definition) is 0. The van der Waals surface area contributed by atoms with Gasteiger partial charge in [-0.15, -0.1) is 0 Å². The van der Waals surface area contributed by atoms with E-state index >= 15 is 0 Å². The summed E-state index contributed by atoms with van der Waals surface area (Å²) in [5, 5.41) is 0. The van der Waals surface area contributed by atoms with E-state index in [9.17, 15) is 0 Å². The standard InChI is InChI=1S/C19H28N2O/c1-19(2,3)17-10-6-7-11-18(17)22-15-9-5-4-8-13-21-14-12-20-16-21/h6-7,10-12,14,16H,4-5,8-9,13,15H2,1-3H3. The average Bonchev–Trinajstić information content (AvgIpc) is 2.99. The van der Waals surface area contributed by atoms with Crippen LogP contribution in [-0.2, 0) is 12.0 Å². The van der Waals surface area contributed by atoms with Gasteiger partial charge in [-0.2, -0.15) is 0 Å². The van der Waals surface area contributed by atoms with Crippen LogP contribution in [0.3, 0.4) is 0 Å². The molecule has 0 saturated carbocycles. The molecule has 0 unspecified atom stereocenters. The quantitative estimate of drug-likeness (QED) is 0.653. The van der Waals surface area contributed by atoms with E-state index in [1.165, 1.54) is 24.8 Å². The number of ether oxygens (including phenoxy) is 1. The summed E-state index contributed by atoms with van der Waals surface area (Å²) in [6.45, 7) is 8.55. The molecule has 0 aliphatic carbocycles. The van der Waals surface area contributed by atoms with Crippen molar-refractivity contribution < 1.29 is 4.74 Å². The van der Waals surface area contributed by atoms with Crippen molar-refractivity contribution in [3.63, 3.8) is 0 Å². The Hall–Kier alpha value is -1.77. The first-order valence-corrected chi connectivity index (χ1v) is 8.25. The van der Waals surface area contributed by atoms with Crippen LogP contribution in [0.2, 0.25) is 0 Å². The molecule has 0 amide bonds. The average molecular weight is 300 g/mol. The minimum Gasteiger partial charge on any atom is -0.493 e. The zero-order valence-electron chi connectivity index (χ0n) is 14.1. The molecule has 120 valence electrons. The molecule has 0 radical (unpaired) electrons. The predicted octanol–water partition coefficient (Wildman–Crippen LogP) is 4.82. The molecule has 0 saturated heterocycles. The summed E-state index contributed by atoms with van der Waals surface area (Å²) in [5.74, 6) is 1.04. The number of nitrogens with zero attached hydrogens (tertiary/aromatic N) is 2. The Morgan fingerprint density at radius 2 is 1.82 bits per heavy atom. The molecule has 0 spiro atoms. The van der Waals surface area contributed by atoms with Gasteiger partial charge >= 0.3 is 0 Å². The smallest absolute Gasteiger partial charge is 0.123 e. The van der Waals surface area contributed by atoms with Gasteiger partial charge in [0.2, 0.25) is 0 Å². The molecule has 0 fully saturated rings. The van der Waals surface area contributed by atoms with Crippen molar-refractivity contribution >= 4 is 0 Å². The van der Waals surface area contributed by atoms with Crippen molar-refractivity contribution in [1.29, 1.82) is 0 Å². The summed E-state index contributed by atoms with van der Waals surface area (Å²) in [6.07, 6.45) is 10.5. The first-order valence-electron chi connectivity index (χ1n) is 8.25. The summed E-state index contributed by atoms with van der Waals surface area (Å²) < 4.78 is 8.14. The highest BCUT2D eigenvalue weighted by atomic mass is 16.5. The molecule has 1 heterocycles. The normalized spacial score (nSPS) is 11.6. The summed E-state index contributed by atoms with van der Waals surface area (Å²) in [6, 6.07) is 8.39. The van der Waals surface area contributed by atoms with Gasteiger partial charge in [-0.05, 0) is 29.9 Å². The van der Waals surface area contributed by atoms with Crippen LogP contribution in [0.25, 0.3) is 0 Å². The molecule has 0 aliphatic heterocycles. The van der Waals surface area contributed by atoms with Crippen molar-refractivity contribution in [1.82, 2.24) is 9.55 Å². The van der Waals surface area contributed by atoms with Crippen LogP contribution in [0, 0.1) is 0 Å². The molecular formula is C19H28N2O. The fraction of sp³-hybridized carbons (Fsp3) is 0.526. The number of hydrogen-bond acceptors (Lipinski definition) is 2. The van der Waals surface area contributed by atoms with Gasteiger partial charge in [0.05, 0.1) is 12.9 Å². The zero-order valence-corrected chi connectivity index (χ0v) is 14.1. The Bertz CT molecular complexity index is 541. The lowest BCUT2D eigenvalue weighted by atomic mass is 9.86. The third-order valence-corrected chi connectivity index (χ3v) is 3.82. The van der Waals surface area contributed by atoms with E-state index in [0.29, 0.717) is 0 Å². The van der Waals surface area contributed by atoms with Crippen LogP contribution in [0.1, 0.15) is 52.0 Å². The molecule has 0 atom stereocenters. The molecule has 0 aliphatic rings. The van der Waals surface area contributed by atoms with Crippen LogP contribution < -0.4 is 4.74 Å². The maximum absolute atomic E-state index is 6.00. The number of benzene rings is 1. The first kappa shape index (κ1) is 16.6. The number of rotatable bonds is 8. The van der Waals surface area contributed by atoms with Crippen molar-refractivity contribution in [3.05, 3.63) is 48.5 Å². The van der Waals surface area contributed by atoms with Crippen molar-refractivity contribution in [2.45, 2.75) is 58.4 Å². The number of aryl methyl sites for hydroxylation is 1. The summed E-state index contributed by atoms with van der Waals surface area (Å²) in [5.41, 5.74) is 1.41. The molecular weight excluding hydrogens is 272 g/mol. The lowest BCUT2D eigenvalue weighted by molar-refractivity contribution is 0.296. The van der Waals surface area contributed by atoms with E-state index in [0.717, 1.165) is 25.3 Å². The molecule has 3 nitrogen and oxygen atoms in total. The van der Waals surface area contributed by atoms with Crippen LogP contribution in [0.5, 0.6) is 5.75 Å². The van der Waals surface area contributed by atoms with Gasteiger partial charge in [-0.25, -0.2) is 4.98 Å². The van der Waals surface area contributed by atoms with E-state index in [2.05, 4.69) is 54.6 Å². The van der Waals surface area contributed by atoms with Gasteiger partial charge in [-0.3, -0.25) is 0 Å². The molecule has 1 aromatic carbocycles. The second kappa shape index (κ2) is 8.02. The lowest BCUT2D eigenvalue weighted by Crippen LogP contribution is -2.13. The Labute approximate surface area is 134 Å². The minimum absolute atomic E-state index is 0.126. The Morgan fingerprint density at radius 1 is 1.05 bits per heavy atom. The van der Waals surface area contributed by atoms with E-state index in [1.807, 2.05) is 18.7 Å². The van der Waals surface area contributed by atoms with Crippen molar-refractivity contribution in [2.75, 3.05) is 6.61 Å². The molecule has 3 heteroatoms. The third kappa shape index (κ3) is 5.21. The monoisotopic (exact) mass is 300 g/mol. The maximum atomic E-state index is 6.00. The van der Waals surface area contributed by atoms with Gasteiger partial charge in [0.25, 0.3) is 0 Å². The first-order chi connectivity index (χ1) is 10.6. The Kier molecular flexibility index (Phi) is 6.05. The molecule has 22 heavy (non-hydrogen) atoms. The number of unbranched alkanes of at least 4 members (excludes halogenated alkanes) is 3. The third-order valence-electron chi connectivity index (χ3n) is 3.82. The fourth-order valence-electron chi connectivity index (χ4n) is 2.56. The number of aromatic nitrogens is 2. The van der Waals surface area contributed by atoms with Crippen LogP contribution in [0.15, 0.2) is 43.0 Å². The number of para-hydroxylation sites is 1. The van der Waals surface area contributed by atoms with E-state index in [1.54, 1.807) is 0 Å². The van der Waals surface area contributed by atoms with Crippen LogP contribution in [-0.4, -0.2) is 16.2 Å². The highest BCUT2D eigenvalue weighted by molar-refractivity contribution is 5.38. The highest BCUT2D eigenvalue weighted by Crippen LogP contribution is 2.30. The van der Waals surface area contributed by atoms with Gasteiger partial charge < -0.3 is 9.30 Å². The molecule has 0 N–H and O–H groups in total. The number of imidazole rings is 1. The molecule has 0 bridgehead atoms. The predicted molar refractivity (Wildman–Crippen MR) is 91.3 cm³/mol. The minimum atomic E-state index is 0.126. The maximum Gasteiger partial charge on any atom is 0.123 e. The van der Waals surface area contributed by atoms with Gasteiger partial charge in [0.1, 0.15) is 5.75 Å². The fourth-order valence-corrected chi connectivity index (χ4v) is 2.56. The van der Waals surface area contributed by atoms with Gasteiger partial charge in [-0.1, -0.05) is 51.8 Å². The zero-order chi connectivity index (χ0) is 15.8. The summed E-state index contributed by atoms with van der Waals surface area (Å²) in [4.78, 5) is 4.06. The Balaban J connectivity index is 1.65. The second-order valence-corrected chi connectivity index (χ2v) is 6.81. The highest BCUT2D eigenvalue weighted by Gasteiger charge is 2.18. The summed E-state index contributed by atoms with van der Waals surface area (Å²) >= 11 is 0. The van der Waals surface area contributed by atoms with Gasteiger partial charge in [0, 0.05) is 18.9 Å². The summed E-state index contributed by atoms with van der Waals surface area (Å²) in [7, 11) is 0. The largest absolute Gasteiger partial charge is 0.493 e. The molecule has 1 aromatic heterocycles. The van der Waals surface area contributed by atoms with Crippen molar-refractivity contribution in [2.24, 2.45) is 0 Å². The van der Waals surface area contributed by atoms with Gasteiger partial charge in [0.15, 0.2) is 0 Å². The second-order valence-electron chi connectivity index (χ2n) is 6.81. The topological polar surface area (TPSA) is 27.1 Å². The van der Waals surface area contributed by atoms with E-state index in [4.69, 9.17) is 4.74 Å². The van der Waals surface area contributed by atoms with Crippen molar-refractivity contribution in [3.8, 4) is 5.75 Å². The van der Waals surface area contributed by atoms with E-state index < -0.39 is 0 Å². The molecule has 2 aromatic rings. The molecule has 2 rings (SSSR count). The van der Waals surface area contributed by atoms with E-state index in [-0.39, 0.29) is 5.41 Å². The van der Waals surface area contributed by atoms with Crippen LogP contribution >= 0.6 is 0 Å². The SMILES string of the molecule is CC(C)(C)c1ccccc1OCCCCCCn1ccnc1. The van der Waals surface area contributed by atoms with Crippen LogP contribution in [0.4, 0.5) is 0 Å². The lowest BCUT2D eigenvalue weighted by Gasteiger charge is -2.22.